The fraction of sp³-hybridized carbons (Fsp3) is 0.600. The molecule has 1 aliphatic heterocycles. The molecule has 1 atom stereocenters. The second kappa shape index (κ2) is 6.55. The van der Waals surface area contributed by atoms with Gasteiger partial charge in [0.2, 0.25) is 0 Å². The summed E-state index contributed by atoms with van der Waals surface area (Å²) in [6.45, 7) is 8.93. The van der Waals surface area contributed by atoms with Gasteiger partial charge in [0.1, 0.15) is 0 Å². The van der Waals surface area contributed by atoms with Gasteiger partial charge in [-0.15, -0.1) is 0 Å². The van der Waals surface area contributed by atoms with E-state index in [2.05, 4.69) is 36.2 Å². The molecule has 0 radical (unpaired) electrons. The van der Waals surface area contributed by atoms with E-state index in [0.717, 1.165) is 31.2 Å². The Kier molecular flexibility index (Phi) is 5.04. The molecule has 0 amide bonds. The van der Waals surface area contributed by atoms with Crippen LogP contribution in [0.1, 0.15) is 25.8 Å². The lowest BCUT2D eigenvalue weighted by molar-refractivity contribution is 0.158. The fourth-order valence-electron chi connectivity index (χ4n) is 2.65. The highest BCUT2D eigenvalue weighted by molar-refractivity contribution is 6.31. The smallest absolute Gasteiger partial charge is 0.0451 e. The third-order valence-corrected chi connectivity index (χ3v) is 4.09. The molecule has 1 N–H and O–H groups in total. The molecular formula is C15H23ClN2. The Labute approximate surface area is 115 Å². The number of hydrogen-bond acceptors (Lipinski definition) is 2. The van der Waals surface area contributed by atoms with Crippen molar-refractivity contribution in [1.29, 1.82) is 0 Å². The Hall–Kier alpha value is -0.570. The van der Waals surface area contributed by atoms with E-state index in [4.69, 9.17) is 11.6 Å². The van der Waals surface area contributed by atoms with Crippen molar-refractivity contribution in [3.63, 3.8) is 0 Å². The van der Waals surface area contributed by atoms with Gasteiger partial charge in [-0.2, -0.15) is 0 Å². The van der Waals surface area contributed by atoms with Gasteiger partial charge in [-0.1, -0.05) is 43.6 Å². The number of rotatable bonds is 3. The predicted octanol–water partition coefficient (Wildman–Crippen LogP) is 3.16. The summed E-state index contributed by atoms with van der Waals surface area (Å²) in [5.41, 5.74) is 1.24. The molecule has 1 heterocycles. The normalized spacial score (nSPS) is 22.1. The molecule has 0 saturated carbocycles. The van der Waals surface area contributed by atoms with Crippen molar-refractivity contribution < 1.29 is 0 Å². The van der Waals surface area contributed by atoms with E-state index in [-0.39, 0.29) is 0 Å². The minimum atomic E-state index is 0.601. The molecule has 0 spiro atoms. The highest BCUT2D eigenvalue weighted by Crippen LogP contribution is 2.21. The molecule has 0 aromatic heterocycles. The van der Waals surface area contributed by atoms with Crippen LogP contribution >= 0.6 is 11.6 Å². The SMILES string of the molecule is CC(C)C1CNCCCN1Cc1ccccc1Cl. The Morgan fingerprint density at radius 3 is 2.89 bits per heavy atom. The summed E-state index contributed by atoms with van der Waals surface area (Å²) in [5.74, 6) is 0.665. The molecule has 100 valence electrons. The summed E-state index contributed by atoms with van der Waals surface area (Å²) >= 11 is 6.27. The van der Waals surface area contributed by atoms with Gasteiger partial charge in [-0.05, 0) is 30.5 Å². The van der Waals surface area contributed by atoms with Gasteiger partial charge >= 0.3 is 0 Å². The number of halogens is 1. The average Bonchev–Trinajstić information content (AvgIpc) is 2.57. The van der Waals surface area contributed by atoms with Gasteiger partial charge in [0.05, 0.1) is 0 Å². The van der Waals surface area contributed by atoms with E-state index in [1.807, 2.05) is 12.1 Å². The molecule has 2 rings (SSSR count). The van der Waals surface area contributed by atoms with Gasteiger partial charge < -0.3 is 5.32 Å². The lowest BCUT2D eigenvalue weighted by Crippen LogP contribution is -2.42. The monoisotopic (exact) mass is 266 g/mol. The first-order chi connectivity index (χ1) is 8.68. The predicted molar refractivity (Wildman–Crippen MR) is 78.0 cm³/mol. The van der Waals surface area contributed by atoms with Crippen molar-refractivity contribution >= 4 is 11.6 Å². The number of nitrogens with one attached hydrogen (secondary N) is 1. The van der Waals surface area contributed by atoms with Gasteiger partial charge in [0.15, 0.2) is 0 Å². The van der Waals surface area contributed by atoms with Crippen LogP contribution in [0, 0.1) is 5.92 Å². The highest BCUT2D eigenvalue weighted by Gasteiger charge is 2.23. The van der Waals surface area contributed by atoms with Crippen LogP contribution in [0.4, 0.5) is 0 Å². The van der Waals surface area contributed by atoms with Crippen LogP contribution in [0.15, 0.2) is 24.3 Å². The molecule has 1 saturated heterocycles. The maximum atomic E-state index is 6.27. The lowest BCUT2D eigenvalue weighted by Gasteiger charge is -2.32. The topological polar surface area (TPSA) is 15.3 Å². The molecule has 1 fully saturated rings. The van der Waals surface area contributed by atoms with E-state index in [0.29, 0.717) is 12.0 Å². The maximum Gasteiger partial charge on any atom is 0.0451 e. The fourth-order valence-corrected chi connectivity index (χ4v) is 2.85. The first kappa shape index (κ1) is 13.9. The zero-order valence-corrected chi connectivity index (χ0v) is 12.1. The molecule has 0 aliphatic carbocycles. The largest absolute Gasteiger partial charge is 0.315 e. The van der Waals surface area contributed by atoms with Crippen molar-refractivity contribution in [1.82, 2.24) is 10.2 Å². The molecule has 1 aliphatic rings. The first-order valence-electron chi connectivity index (χ1n) is 6.86. The van der Waals surface area contributed by atoms with Gasteiger partial charge in [0.25, 0.3) is 0 Å². The quantitative estimate of drug-likeness (QED) is 0.904. The van der Waals surface area contributed by atoms with Crippen LogP contribution < -0.4 is 5.32 Å². The molecule has 18 heavy (non-hydrogen) atoms. The standard InChI is InChI=1S/C15H23ClN2/c1-12(2)15-10-17-8-5-9-18(15)11-13-6-3-4-7-14(13)16/h3-4,6-7,12,15,17H,5,8-11H2,1-2H3. The van der Waals surface area contributed by atoms with Crippen molar-refractivity contribution in [2.75, 3.05) is 19.6 Å². The Bertz CT molecular complexity index is 379. The molecule has 0 bridgehead atoms. The second-order valence-corrected chi connectivity index (χ2v) is 5.84. The maximum absolute atomic E-state index is 6.27. The Morgan fingerprint density at radius 1 is 1.39 bits per heavy atom. The first-order valence-corrected chi connectivity index (χ1v) is 7.24. The zero-order valence-electron chi connectivity index (χ0n) is 11.3. The second-order valence-electron chi connectivity index (χ2n) is 5.43. The van der Waals surface area contributed by atoms with Crippen LogP contribution in [0.5, 0.6) is 0 Å². The molecular weight excluding hydrogens is 244 g/mol. The van der Waals surface area contributed by atoms with Crippen molar-refractivity contribution in [3.05, 3.63) is 34.9 Å². The minimum absolute atomic E-state index is 0.601. The molecule has 1 aromatic rings. The summed E-state index contributed by atoms with van der Waals surface area (Å²) in [6.07, 6.45) is 1.22. The molecule has 1 unspecified atom stereocenters. The van der Waals surface area contributed by atoms with Crippen LogP contribution in [-0.4, -0.2) is 30.6 Å². The zero-order chi connectivity index (χ0) is 13.0. The van der Waals surface area contributed by atoms with Crippen LogP contribution in [0.2, 0.25) is 5.02 Å². The van der Waals surface area contributed by atoms with Crippen molar-refractivity contribution in [2.24, 2.45) is 5.92 Å². The molecule has 1 aromatic carbocycles. The minimum Gasteiger partial charge on any atom is -0.315 e. The van der Waals surface area contributed by atoms with Gasteiger partial charge in [-0.3, -0.25) is 4.90 Å². The molecule has 2 nitrogen and oxygen atoms in total. The Balaban J connectivity index is 2.11. The van der Waals surface area contributed by atoms with Gasteiger partial charge in [-0.25, -0.2) is 0 Å². The number of benzene rings is 1. The highest BCUT2D eigenvalue weighted by atomic mass is 35.5. The van der Waals surface area contributed by atoms with E-state index in [1.54, 1.807) is 0 Å². The summed E-state index contributed by atoms with van der Waals surface area (Å²) in [7, 11) is 0. The summed E-state index contributed by atoms with van der Waals surface area (Å²) in [6, 6.07) is 8.79. The van der Waals surface area contributed by atoms with Crippen molar-refractivity contribution in [3.8, 4) is 0 Å². The van der Waals surface area contributed by atoms with E-state index < -0.39 is 0 Å². The number of hydrogen-bond donors (Lipinski definition) is 1. The molecule has 3 heteroatoms. The van der Waals surface area contributed by atoms with Crippen molar-refractivity contribution in [2.45, 2.75) is 32.9 Å². The summed E-state index contributed by atoms with van der Waals surface area (Å²) < 4.78 is 0. The lowest BCUT2D eigenvalue weighted by atomic mass is 10.0. The van der Waals surface area contributed by atoms with E-state index >= 15 is 0 Å². The third-order valence-electron chi connectivity index (χ3n) is 3.72. The average molecular weight is 267 g/mol. The van der Waals surface area contributed by atoms with Crippen LogP contribution in [-0.2, 0) is 6.54 Å². The Morgan fingerprint density at radius 2 is 2.17 bits per heavy atom. The van der Waals surface area contributed by atoms with Crippen LogP contribution in [0.25, 0.3) is 0 Å². The van der Waals surface area contributed by atoms with Crippen LogP contribution in [0.3, 0.4) is 0 Å². The summed E-state index contributed by atoms with van der Waals surface area (Å²) in [5, 5.41) is 4.42. The van der Waals surface area contributed by atoms with Gasteiger partial charge in [0, 0.05) is 30.7 Å². The van der Waals surface area contributed by atoms with E-state index in [1.165, 1.54) is 12.0 Å². The third kappa shape index (κ3) is 3.47. The van der Waals surface area contributed by atoms with E-state index in [9.17, 15) is 0 Å². The number of nitrogens with zero attached hydrogens (tertiary/aromatic N) is 1. The summed E-state index contributed by atoms with van der Waals surface area (Å²) in [4.78, 5) is 2.58.